The molecule has 110 valence electrons. The highest BCUT2D eigenvalue weighted by Crippen LogP contribution is 2.08. The summed E-state index contributed by atoms with van der Waals surface area (Å²) in [5.41, 5.74) is 1.31. The van der Waals surface area contributed by atoms with Gasteiger partial charge in [-0.3, -0.25) is 0 Å². The van der Waals surface area contributed by atoms with E-state index in [1.54, 1.807) is 36.5 Å². The van der Waals surface area contributed by atoms with E-state index in [0.717, 1.165) is 5.56 Å². The molecule has 0 saturated carbocycles. The Bertz CT molecular complexity index is 619. The third-order valence-corrected chi connectivity index (χ3v) is 2.86. The number of halogens is 1. The predicted octanol–water partition coefficient (Wildman–Crippen LogP) is 2.23. The van der Waals surface area contributed by atoms with Crippen molar-refractivity contribution in [2.75, 3.05) is 7.11 Å². The molecule has 0 aliphatic rings. The number of carbonyl (C=O) groups excluding carboxylic acids is 1. The summed E-state index contributed by atoms with van der Waals surface area (Å²) < 4.78 is 18.4. The van der Waals surface area contributed by atoms with Crippen LogP contribution in [0.2, 0.25) is 0 Å². The minimum absolute atomic E-state index is 0.137. The molecule has 0 fully saturated rings. The maximum absolute atomic E-state index is 13.4. The summed E-state index contributed by atoms with van der Waals surface area (Å²) >= 11 is 0. The van der Waals surface area contributed by atoms with Crippen molar-refractivity contribution in [1.29, 1.82) is 0 Å². The smallest absolute Gasteiger partial charge is 0.315 e. The summed E-state index contributed by atoms with van der Waals surface area (Å²) in [5, 5.41) is 5.29. The first kappa shape index (κ1) is 14.8. The molecule has 0 aliphatic carbocycles. The molecule has 2 amide bonds. The molecule has 0 saturated heterocycles. The lowest BCUT2D eigenvalue weighted by atomic mass is 10.2. The molecule has 6 heteroatoms. The molecule has 1 aromatic heterocycles. The fraction of sp³-hybridized carbons (Fsp3) is 0.200. The van der Waals surface area contributed by atoms with Gasteiger partial charge in [-0.2, -0.15) is 0 Å². The summed E-state index contributed by atoms with van der Waals surface area (Å²) in [6.07, 6.45) is 1.60. The molecule has 2 aromatic rings. The Morgan fingerprint density at radius 3 is 2.76 bits per heavy atom. The Kier molecular flexibility index (Phi) is 5.09. The number of amides is 2. The second-order valence-electron chi connectivity index (χ2n) is 4.33. The molecule has 0 atom stereocenters. The number of ether oxygens (including phenoxy) is 1. The zero-order chi connectivity index (χ0) is 15.1. The molecule has 0 spiro atoms. The first-order valence-corrected chi connectivity index (χ1v) is 6.43. The number of nitrogens with one attached hydrogen (secondary N) is 2. The van der Waals surface area contributed by atoms with Gasteiger partial charge in [-0.05, 0) is 17.7 Å². The third-order valence-electron chi connectivity index (χ3n) is 2.86. The van der Waals surface area contributed by atoms with E-state index in [1.807, 2.05) is 0 Å². The van der Waals surface area contributed by atoms with E-state index in [1.165, 1.54) is 13.2 Å². The molecule has 2 N–H and O–H groups in total. The minimum atomic E-state index is -0.367. The van der Waals surface area contributed by atoms with Crippen molar-refractivity contribution in [3.8, 4) is 5.88 Å². The number of benzene rings is 1. The summed E-state index contributed by atoms with van der Waals surface area (Å²) in [4.78, 5) is 15.6. The van der Waals surface area contributed by atoms with Crippen LogP contribution in [0.4, 0.5) is 9.18 Å². The van der Waals surface area contributed by atoms with Crippen molar-refractivity contribution < 1.29 is 13.9 Å². The Balaban J connectivity index is 1.81. The van der Waals surface area contributed by atoms with Gasteiger partial charge in [0.05, 0.1) is 7.11 Å². The van der Waals surface area contributed by atoms with Crippen LogP contribution in [-0.2, 0) is 13.1 Å². The second-order valence-corrected chi connectivity index (χ2v) is 4.33. The highest BCUT2D eigenvalue weighted by molar-refractivity contribution is 5.73. The van der Waals surface area contributed by atoms with E-state index in [2.05, 4.69) is 15.6 Å². The lowest BCUT2D eigenvalue weighted by Gasteiger charge is -2.09. The summed E-state index contributed by atoms with van der Waals surface area (Å²) in [5.74, 6) is 0.151. The topological polar surface area (TPSA) is 63.2 Å². The Hall–Kier alpha value is -2.63. The highest BCUT2D eigenvalue weighted by atomic mass is 19.1. The number of methoxy groups -OCH3 is 1. The maximum Gasteiger partial charge on any atom is 0.315 e. The molecule has 1 aromatic carbocycles. The summed E-state index contributed by atoms with van der Waals surface area (Å²) in [6, 6.07) is 9.46. The Morgan fingerprint density at radius 1 is 1.24 bits per heavy atom. The standard InChI is InChI=1S/C15H16FN3O2/c1-21-14-8-11(6-7-17-14)9-18-15(20)19-10-12-4-2-3-5-13(12)16/h2-8H,9-10H2,1H3,(H2,18,19,20). The van der Waals surface area contributed by atoms with Gasteiger partial charge >= 0.3 is 6.03 Å². The molecular weight excluding hydrogens is 273 g/mol. The normalized spacial score (nSPS) is 10.0. The van der Waals surface area contributed by atoms with Crippen LogP contribution in [0.5, 0.6) is 5.88 Å². The average molecular weight is 289 g/mol. The van der Waals surface area contributed by atoms with Gasteiger partial charge in [0.15, 0.2) is 0 Å². The van der Waals surface area contributed by atoms with Crippen LogP contribution in [0, 0.1) is 5.82 Å². The van der Waals surface area contributed by atoms with E-state index >= 15 is 0 Å². The van der Waals surface area contributed by atoms with Gasteiger partial charge in [0.25, 0.3) is 0 Å². The quantitative estimate of drug-likeness (QED) is 0.887. The first-order valence-electron chi connectivity index (χ1n) is 6.43. The monoisotopic (exact) mass is 289 g/mol. The van der Waals surface area contributed by atoms with E-state index in [0.29, 0.717) is 18.0 Å². The Morgan fingerprint density at radius 2 is 2.00 bits per heavy atom. The third kappa shape index (κ3) is 4.45. The fourth-order valence-electron chi connectivity index (χ4n) is 1.73. The molecular formula is C15H16FN3O2. The number of hydrogen-bond acceptors (Lipinski definition) is 3. The van der Waals surface area contributed by atoms with Gasteiger partial charge in [-0.15, -0.1) is 0 Å². The van der Waals surface area contributed by atoms with Crippen LogP contribution >= 0.6 is 0 Å². The molecule has 0 bridgehead atoms. The number of urea groups is 1. The number of hydrogen-bond donors (Lipinski definition) is 2. The van der Waals surface area contributed by atoms with Gasteiger partial charge in [-0.25, -0.2) is 14.2 Å². The maximum atomic E-state index is 13.4. The first-order chi connectivity index (χ1) is 10.2. The number of nitrogens with zero attached hydrogens (tertiary/aromatic N) is 1. The van der Waals surface area contributed by atoms with E-state index in [-0.39, 0.29) is 18.4 Å². The fourth-order valence-corrected chi connectivity index (χ4v) is 1.73. The van der Waals surface area contributed by atoms with Crippen molar-refractivity contribution in [1.82, 2.24) is 15.6 Å². The number of pyridine rings is 1. The summed E-state index contributed by atoms with van der Waals surface area (Å²) in [6.45, 7) is 0.472. The van der Waals surface area contributed by atoms with E-state index < -0.39 is 0 Å². The largest absolute Gasteiger partial charge is 0.481 e. The zero-order valence-corrected chi connectivity index (χ0v) is 11.6. The molecule has 5 nitrogen and oxygen atoms in total. The van der Waals surface area contributed by atoms with Crippen LogP contribution in [0.3, 0.4) is 0 Å². The second kappa shape index (κ2) is 7.23. The van der Waals surface area contributed by atoms with Crippen molar-refractivity contribution in [3.63, 3.8) is 0 Å². The van der Waals surface area contributed by atoms with Gasteiger partial charge in [0, 0.05) is 30.9 Å². The van der Waals surface area contributed by atoms with Gasteiger partial charge in [-0.1, -0.05) is 18.2 Å². The van der Waals surface area contributed by atoms with Gasteiger partial charge < -0.3 is 15.4 Å². The lowest BCUT2D eigenvalue weighted by molar-refractivity contribution is 0.240. The van der Waals surface area contributed by atoms with Crippen molar-refractivity contribution in [3.05, 3.63) is 59.5 Å². The van der Waals surface area contributed by atoms with Crippen molar-refractivity contribution in [2.24, 2.45) is 0 Å². The van der Waals surface area contributed by atoms with Crippen molar-refractivity contribution in [2.45, 2.75) is 13.1 Å². The molecule has 21 heavy (non-hydrogen) atoms. The predicted molar refractivity (Wildman–Crippen MR) is 76.3 cm³/mol. The van der Waals surface area contributed by atoms with Crippen LogP contribution in [0.25, 0.3) is 0 Å². The summed E-state index contributed by atoms with van der Waals surface area (Å²) in [7, 11) is 1.53. The van der Waals surface area contributed by atoms with Crippen LogP contribution in [0.1, 0.15) is 11.1 Å². The molecule has 0 unspecified atom stereocenters. The average Bonchev–Trinajstić information content (AvgIpc) is 2.52. The van der Waals surface area contributed by atoms with Crippen LogP contribution < -0.4 is 15.4 Å². The highest BCUT2D eigenvalue weighted by Gasteiger charge is 2.04. The van der Waals surface area contributed by atoms with Crippen molar-refractivity contribution >= 4 is 6.03 Å². The zero-order valence-electron chi connectivity index (χ0n) is 11.6. The number of carbonyl (C=O) groups is 1. The van der Waals surface area contributed by atoms with Crippen LogP contribution in [0.15, 0.2) is 42.6 Å². The molecule has 0 radical (unpaired) electrons. The van der Waals surface area contributed by atoms with Gasteiger partial charge in [0.1, 0.15) is 5.82 Å². The number of aromatic nitrogens is 1. The van der Waals surface area contributed by atoms with Crippen LogP contribution in [-0.4, -0.2) is 18.1 Å². The molecule has 1 heterocycles. The lowest BCUT2D eigenvalue weighted by Crippen LogP contribution is -2.34. The van der Waals surface area contributed by atoms with Gasteiger partial charge in [0.2, 0.25) is 5.88 Å². The Labute approximate surface area is 122 Å². The SMILES string of the molecule is COc1cc(CNC(=O)NCc2ccccc2F)ccn1. The van der Waals surface area contributed by atoms with E-state index in [9.17, 15) is 9.18 Å². The number of rotatable bonds is 5. The molecule has 0 aliphatic heterocycles. The molecule has 2 rings (SSSR count). The van der Waals surface area contributed by atoms with E-state index in [4.69, 9.17) is 4.74 Å². The minimum Gasteiger partial charge on any atom is -0.481 e.